The lowest BCUT2D eigenvalue weighted by molar-refractivity contribution is 0.918. The van der Waals surface area contributed by atoms with Crippen LogP contribution in [0.5, 0.6) is 0 Å². The first-order valence-corrected chi connectivity index (χ1v) is 5.78. The molecule has 0 unspecified atom stereocenters. The molecule has 0 radical (unpaired) electrons. The van der Waals surface area contributed by atoms with Crippen molar-refractivity contribution in [3.63, 3.8) is 0 Å². The fourth-order valence-electron chi connectivity index (χ4n) is 1.61. The molecule has 2 nitrogen and oxygen atoms in total. The summed E-state index contributed by atoms with van der Waals surface area (Å²) in [6.45, 7) is 2.06. The monoisotopic (exact) mass is 195 g/mol. The predicted octanol–water partition coefficient (Wildman–Crippen LogP) is 1.73. The van der Waals surface area contributed by atoms with Crippen LogP contribution >= 0.6 is 11.8 Å². The van der Waals surface area contributed by atoms with Gasteiger partial charge in [0.1, 0.15) is 0 Å². The molecule has 0 amide bonds. The summed E-state index contributed by atoms with van der Waals surface area (Å²) in [4.78, 5) is 15.0. The van der Waals surface area contributed by atoms with Gasteiger partial charge in [-0.25, -0.2) is 0 Å². The zero-order valence-corrected chi connectivity index (χ0v) is 8.54. The van der Waals surface area contributed by atoms with Gasteiger partial charge in [0.25, 0.3) is 0 Å². The van der Waals surface area contributed by atoms with Crippen molar-refractivity contribution in [2.45, 2.75) is 25.5 Å². The normalized spacial score (nSPS) is 15.5. The van der Waals surface area contributed by atoms with Crippen molar-refractivity contribution in [3.8, 4) is 0 Å². The smallest absolute Gasteiger partial charge is 0.186 e. The van der Waals surface area contributed by atoms with E-state index in [0.29, 0.717) is 0 Å². The van der Waals surface area contributed by atoms with Gasteiger partial charge < -0.3 is 4.98 Å². The second-order valence-corrected chi connectivity index (χ2v) is 4.38. The minimum atomic E-state index is 0.220. The molecule has 0 aliphatic carbocycles. The Morgan fingerprint density at radius 2 is 2.46 bits per heavy atom. The van der Waals surface area contributed by atoms with E-state index in [-0.39, 0.29) is 5.43 Å². The molecule has 0 aromatic carbocycles. The topological polar surface area (TPSA) is 32.9 Å². The van der Waals surface area contributed by atoms with Gasteiger partial charge in [0.2, 0.25) is 0 Å². The highest BCUT2D eigenvalue weighted by Crippen LogP contribution is 2.20. The molecule has 13 heavy (non-hydrogen) atoms. The van der Waals surface area contributed by atoms with Crippen LogP contribution in [0.15, 0.2) is 10.9 Å². The number of aryl methyl sites for hydroxylation is 2. The van der Waals surface area contributed by atoms with E-state index in [1.54, 1.807) is 6.07 Å². The maximum Gasteiger partial charge on any atom is 0.186 e. The van der Waals surface area contributed by atoms with E-state index in [0.717, 1.165) is 35.6 Å². The SMILES string of the molecule is CCc1cc(=O)c2c([nH]1)CCSC2. The number of hydrogen-bond acceptors (Lipinski definition) is 2. The van der Waals surface area contributed by atoms with Crippen LogP contribution in [-0.4, -0.2) is 10.7 Å². The van der Waals surface area contributed by atoms with Crippen molar-refractivity contribution in [1.29, 1.82) is 0 Å². The van der Waals surface area contributed by atoms with Gasteiger partial charge in [0, 0.05) is 28.8 Å². The summed E-state index contributed by atoms with van der Waals surface area (Å²) in [6.07, 6.45) is 1.93. The van der Waals surface area contributed by atoms with Crippen LogP contribution in [-0.2, 0) is 18.6 Å². The molecule has 2 heterocycles. The predicted molar refractivity (Wildman–Crippen MR) is 56.3 cm³/mol. The van der Waals surface area contributed by atoms with Crippen molar-refractivity contribution >= 4 is 11.8 Å². The zero-order chi connectivity index (χ0) is 9.26. The molecule has 70 valence electrons. The quantitative estimate of drug-likeness (QED) is 0.740. The van der Waals surface area contributed by atoms with Crippen LogP contribution in [0.25, 0.3) is 0 Å². The van der Waals surface area contributed by atoms with Crippen LogP contribution in [0, 0.1) is 0 Å². The van der Waals surface area contributed by atoms with Crippen LogP contribution in [0.1, 0.15) is 23.9 Å². The molecule has 0 fully saturated rings. The van der Waals surface area contributed by atoms with Gasteiger partial charge in [-0.15, -0.1) is 0 Å². The highest BCUT2D eigenvalue weighted by Gasteiger charge is 2.13. The van der Waals surface area contributed by atoms with Gasteiger partial charge in [-0.1, -0.05) is 6.92 Å². The van der Waals surface area contributed by atoms with Crippen molar-refractivity contribution in [3.05, 3.63) is 33.2 Å². The second-order valence-electron chi connectivity index (χ2n) is 3.27. The van der Waals surface area contributed by atoms with Crippen LogP contribution in [0.4, 0.5) is 0 Å². The summed E-state index contributed by atoms with van der Waals surface area (Å²) in [5.41, 5.74) is 3.45. The van der Waals surface area contributed by atoms with Gasteiger partial charge in [-0.3, -0.25) is 4.79 Å². The van der Waals surface area contributed by atoms with Crippen LogP contribution in [0.3, 0.4) is 0 Å². The third-order valence-electron chi connectivity index (χ3n) is 2.40. The lowest BCUT2D eigenvalue weighted by atomic mass is 10.1. The lowest BCUT2D eigenvalue weighted by Crippen LogP contribution is -2.18. The largest absolute Gasteiger partial charge is 0.362 e. The molecule has 1 aliphatic rings. The summed E-state index contributed by atoms with van der Waals surface area (Å²) < 4.78 is 0. The number of rotatable bonds is 1. The lowest BCUT2D eigenvalue weighted by Gasteiger charge is -2.15. The van der Waals surface area contributed by atoms with Crippen molar-refractivity contribution in [2.24, 2.45) is 0 Å². The number of hydrogen-bond donors (Lipinski definition) is 1. The fraction of sp³-hybridized carbons (Fsp3) is 0.500. The highest BCUT2D eigenvalue weighted by molar-refractivity contribution is 7.98. The molecule has 1 aliphatic heterocycles. The molecule has 1 N–H and O–H groups in total. The molecule has 0 spiro atoms. The molecule has 1 aromatic heterocycles. The average Bonchev–Trinajstić information content (AvgIpc) is 2.18. The Morgan fingerprint density at radius 1 is 1.62 bits per heavy atom. The van der Waals surface area contributed by atoms with Gasteiger partial charge in [0.05, 0.1) is 0 Å². The first-order valence-electron chi connectivity index (χ1n) is 4.63. The highest BCUT2D eigenvalue weighted by atomic mass is 32.2. The number of aromatic nitrogens is 1. The summed E-state index contributed by atoms with van der Waals surface area (Å²) in [5, 5.41) is 0. The van der Waals surface area contributed by atoms with Crippen LogP contribution < -0.4 is 5.43 Å². The number of pyridine rings is 1. The fourth-order valence-corrected chi connectivity index (χ4v) is 2.62. The zero-order valence-electron chi connectivity index (χ0n) is 7.72. The number of thioether (sulfide) groups is 1. The second kappa shape index (κ2) is 3.58. The number of fused-ring (bicyclic) bond motifs is 1. The van der Waals surface area contributed by atoms with Gasteiger partial charge in [-0.2, -0.15) is 11.8 Å². The molecular formula is C10H13NOS. The minimum Gasteiger partial charge on any atom is -0.362 e. The first kappa shape index (κ1) is 8.88. The molecule has 0 saturated carbocycles. The van der Waals surface area contributed by atoms with E-state index in [4.69, 9.17) is 0 Å². The summed E-state index contributed by atoms with van der Waals surface area (Å²) in [5.74, 6) is 2.02. The third kappa shape index (κ3) is 1.66. The van der Waals surface area contributed by atoms with E-state index in [9.17, 15) is 4.79 Å². The minimum absolute atomic E-state index is 0.220. The van der Waals surface area contributed by atoms with E-state index >= 15 is 0 Å². The Balaban J connectivity index is 2.53. The molecule has 0 atom stereocenters. The molecule has 1 aromatic rings. The Labute approximate surface area is 81.8 Å². The van der Waals surface area contributed by atoms with E-state index in [2.05, 4.69) is 11.9 Å². The van der Waals surface area contributed by atoms with Crippen molar-refractivity contribution < 1.29 is 0 Å². The standard InChI is InChI=1S/C10H13NOS/c1-2-7-5-10(12)8-6-13-4-3-9(8)11-7/h5H,2-4,6H2,1H3,(H,11,12). The van der Waals surface area contributed by atoms with Gasteiger partial charge >= 0.3 is 0 Å². The maximum absolute atomic E-state index is 11.6. The van der Waals surface area contributed by atoms with E-state index in [1.807, 2.05) is 11.8 Å². The summed E-state index contributed by atoms with van der Waals surface area (Å²) >= 11 is 1.85. The summed E-state index contributed by atoms with van der Waals surface area (Å²) in [6, 6.07) is 1.74. The molecule has 3 heteroatoms. The summed E-state index contributed by atoms with van der Waals surface area (Å²) in [7, 11) is 0. The van der Waals surface area contributed by atoms with Gasteiger partial charge in [-0.05, 0) is 18.6 Å². The van der Waals surface area contributed by atoms with E-state index in [1.165, 1.54) is 5.69 Å². The Hall–Kier alpha value is -0.700. The Morgan fingerprint density at radius 3 is 3.23 bits per heavy atom. The van der Waals surface area contributed by atoms with Crippen LogP contribution in [0.2, 0.25) is 0 Å². The maximum atomic E-state index is 11.6. The first-order chi connectivity index (χ1) is 6.31. The van der Waals surface area contributed by atoms with Gasteiger partial charge in [0.15, 0.2) is 5.43 Å². The third-order valence-corrected chi connectivity index (χ3v) is 3.39. The van der Waals surface area contributed by atoms with Crippen molar-refractivity contribution in [1.82, 2.24) is 4.98 Å². The number of H-pyrrole nitrogens is 1. The van der Waals surface area contributed by atoms with E-state index < -0.39 is 0 Å². The Kier molecular flexibility index (Phi) is 2.44. The molecular weight excluding hydrogens is 182 g/mol. The van der Waals surface area contributed by atoms with Crippen molar-refractivity contribution in [2.75, 3.05) is 5.75 Å². The molecule has 0 saturated heterocycles. The number of aromatic amines is 1. The number of nitrogens with one attached hydrogen (secondary N) is 1. The molecule has 2 rings (SSSR count). The Bertz CT molecular complexity index is 370. The molecule has 0 bridgehead atoms. The average molecular weight is 195 g/mol.